The Morgan fingerprint density at radius 3 is 2.26 bits per heavy atom. The largest absolute Gasteiger partial charge is 0.465 e. The summed E-state index contributed by atoms with van der Waals surface area (Å²) in [5.41, 5.74) is 0.229. The molecule has 0 fully saturated rings. The molecule has 23 heavy (non-hydrogen) atoms. The van der Waals surface area contributed by atoms with Crippen molar-refractivity contribution in [3.8, 4) is 5.75 Å². The van der Waals surface area contributed by atoms with Crippen LogP contribution < -0.4 is 4.74 Å². The monoisotopic (exact) mass is 332 g/mol. The van der Waals surface area contributed by atoms with Crippen molar-refractivity contribution >= 4 is 29.1 Å². The molecule has 7 nitrogen and oxygen atoms in total. The quantitative estimate of drug-likeness (QED) is 0.488. The highest BCUT2D eigenvalue weighted by atomic mass is 35.5. The van der Waals surface area contributed by atoms with Gasteiger partial charge in [-0.25, -0.2) is 4.90 Å². The highest BCUT2D eigenvalue weighted by molar-refractivity contribution is 6.30. The lowest BCUT2D eigenvalue weighted by molar-refractivity contribution is -0.385. The number of carbonyl (C=O) groups excluding carboxylic acids is 2. The zero-order valence-electron chi connectivity index (χ0n) is 11.6. The Morgan fingerprint density at radius 1 is 1.09 bits per heavy atom. The third kappa shape index (κ3) is 2.62. The van der Waals surface area contributed by atoms with E-state index in [1.165, 1.54) is 12.1 Å². The van der Waals surface area contributed by atoms with Crippen LogP contribution in [0.5, 0.6) is 5.75 Å². The minimum atomic E-state index is -0.649. The van der Waals surface area contributed by atoms with Crippen molar-refractivity contribution in [1.29, 1.82) is 0 Å². The van der Waals surface area contributed by atoms with Gasteiger partial charge in [0.25, 0.3) is 11.8 Å². The van der Waals surface area contributed by atoms with Crippen LogP contribution in [-0.2, 0) is 0 Å². The number of carbonyl (C=O) groups is 2. The first kappa shape index (κ1) is 15.0. The molecular weight excluding hydrogens is 324 g/mol. The van der Waals surface area contributed by atoms with Gasteiger partial charge in [0.15, 0.2) is 12.5 Å². The summed E-state index contributed by atoms with van der Waals surface area (Å²) >= 11 is 5.72. The highest BCUT2D eigenvalue weighted by Gasteiger charge is 2.35. The Kier molecular flexibility index (Phi) is 3.71. The van der Waals surface area contributed by atoms with Crippen LogP contribution in [0.15, 0.2) is 42.5 Å². The first-order valence-corrected chi connectivity index (χ1v) is 6.89. The van der Waals surface area contributed by atoms with Gasteiger partial charge in [-0.3, -0.25) is 19.7 Å². The van der Waals surface area contributed by atoms with Gasteiger partial charge in [-0.2, -0.15) is 0 Å². The van der Waals surface area contributed by atoms with E-state index in [-0.39, 0.29) is 27.6 Å². The lowest BCUT2D eigenvalue weighted by Crippen LogP contribution is -2.33. The summed E-state index contributed by atoms with van der Waals surface area (Å²) in [4.78, 5) is 35.6. The number of fused-ring (bicyclic) bond motifs is 1. The van der Waals surface area contributed by atoms with E-state index in [0.29, 0.717) is 0 Å². The van der Waals surface area contributed by atoms with E-state index in [1.54, 1.807) is 24.3 Å². The number of ether oxygens (including phenoxy) is 1. The molecule has 0 aliphatic carbocycles. The van der Waals surface area contributed by atoms with Crippen LogP contribution in [-0.4, -0.2) is 28.4 Å². The van der Waals surface area contributed by atoms with Gasteiger partial charge < -0.3 is 4.74 Å². The van der Waals surface area contributed by atoms with Crippen molar-refractivity contribution in [2.24, 2.45) is 0 Å². The van der Waals surface area contributed by atoms with Gasteiger partial charge in [-0.05, 0) is 24.3 Å². The lowest BCUT2D eigenvalue weighted by Gasteiger charge is -2.14. The van der Waals surface area contributed by atoms with E-state index >= 15 is 0 Å². The van der Waals surface area contributed by atoms with Gasteiger partial charge in [-0.15, -0.1) is 0 Å². The number of halogens is 1. The molecule has 0 radical (unpaired) electrons. The maximum Gasteiger partial charge on any atom is 0.312 e. The summed E-state index contributed by atoms with van der Waals surface area (Å²) in [5.74, 6) is -1.07. The van der Waals surface area contributed by atoms with Crippen LogP contribution in [0.25, 0.3) is 0 Å². The Hall–Kier alpha value is -2.93. The van der Waals surface area contributed by atoms with Crippen molar-refractivity contribution in [1.82, 2.24) is 4.90 Å². The SMILES string of the molecule is O=C1c2ccccc2C(=O)N1COc1ccc(Cl)cc1[N+](=O)[O-]. The number of nitro benzene ring substituents is 1. The van der Waals surface area contributed by atoms with E-state index in [0.717, 1.165) is 11.0 Å². The number of hydrogen-bond donors (Lipinski definition) is 0. The first-order chi connectivity index (χ1) is 11.0. The molecule has 0 unspecified atom stereocenters. The van der Waals surface area contributed by atoms with Gasteiger partial charge in [-0.1, -0.05) is 23.7 Å². The van der Waals surface area contributed by atoms with Gasteiger partial charge >= 0.3 is 5.69 Å². The number of amides is 2. The highest BCUT2D eigenvalue weighted by Crippen LogP contribution is 2.30. The Balaban J connectivity index is 1.82. The fourth-order valence-corrected chi connectivity index (χ4v) is 2.41. The average molecular weight is 333 g/mol. The second kappa shape index (κ2) is 5.69. The third-order valence-electron chi connectivity index (χ3n) is 3.35. The Bertz CT molecular complexity index is 801. The maximum atomic E-state index is 12.2. The summed E-state index contributed by atoms with van der Waals surface area (Å²) in [5, 5.41) is 11.2. The van der Waals surface area contributed by atoms with E-state index < -0.39 is 23.5 Å². The second-order valence-electron chi connectivity index (χ2n) is 4.73. The van der Waals surface area contributed by atoms with E-state index in [9.17, 15) is 19.7 Å². The molecule has 0 N–H and O–H groups in total. The molecule has 0 bridgehead atoms. The van der Waals surface area contributed by atoms with E-state index in [4.69, 9.17) is 16.3 Å². The number of rotatable bonds is 4. The molecule has 2 amide bonds. The van der Waals surface area contributed by atoms with Gasteiger partial charge in [0, 0.05) is 11.1 Å². The molecular formula is C15H9ClN2O5. The van der Waals surface area contributed by atoms with Crippen molar-refractivity contribution < 1.29 is 19.2 Å². The van der Waals surface area contributed by atoms with Crippen LogP contribution >= 0.6 is 11.6 Å². The normalized spacial score (nSPS) is 13.2. The molecule has 0 atom stereocenters. The molecule has 116 valence electrons. The number of nitro groups is 1. The maximum absolute atomic E-state index is 12.2. The first-order valence-electron chi connectivity index (χ1n) is 6.51. The molecule has 2 aromatic carbocycles. The van der Waals surface area contributed by atoms with Crippen molar-refractivity contribution in [3.05, 3.63) is 68.7 Å². The van der Waals surface area contributed by atoms with Crippen LogP contribution in [0.2, 0.25) is 5.02 Å². The smallest absolute Gasteiger partial charge is 0.312 e. The van der Waals surface area contributed by atoms with Crippen molar-refractivity contribution in [2.75, 3.05) is 6.73 Å². The minimum absolute atomic E-state index is 0.0732. The summed E-state index contributed by atoms with van der Waals surface area (Å²) in [6.45, 7) is -0.422. The van der Waals surface area contributed by atoms with E-state index in [2.05, 4.69) is 0 Å². The van der Waals surface area contributed by atoms with E-state index in [1.807, 2.05) is 0 Å². The van der Waals surface area contributed by atoms with Crippen LogP contribution in [0.3, 0.4) is 0 Å². The molecule has 1 heterocycles. The number of benzene rings is 2. The van der Waals surface area contributed by atoms with Gasteiger partial charge in [0.1, 0.15) is 0 Å². The van der Waals surface area contributed by atoms with Crippen LogP contribution in [0.1, 0.15) is 20.7 Å². The Morgan fingerprint density at radius 2 is 1.70 bits per heavy atom. The minimum Gasteiger partial charge on any atom is -0.465 e. The third-order valence-corrected chi connectivity index (χ3v) is 3.58. The van der Waals surface area contributed by atoms with Crippen LogP contribution in [0.4, 0.5) is 5.69 Å². The number of hydrogen-bond acceptors (Lipinski definition) is 5. The summed E-state index contributed by atoms with van der Waals surface area (Å²) in [6, 6.07) is 10.3. The fourth-order valence-electron chi connectivity index (χ4n) is 2.25. The fraction of sp³-hybridized carbons (Fsp3) is 0.0667. The lowest BCUT2D eigenvalue weighted by atomic mass is 10.1. The second-order valence-corrected chi connectivity index (χ2v) is 5.16. The zero-order chi connectivity index (χ0) is 16.6. The van der Waals surface area contributed by atoms with Crippen molar-refractivity contribution in [2.45, 2.75) is 0 Å². The average Bonchev–Trinajstić information content (AvgIpc) is 2.78. The van der Waals surface area contributed by atoms with Crippen molar-refractivity contribution in [3.63, 3.8) is 0 Å². The summed E-state index contributed by atoms with van der Waals surface area (Å²) in [7, 11) is 0. The van der Waals surface area contributed by atoms with Gasteiger partial charge in [0.05, 0.1) is 16.1 Å². The molecule has 2 aromatic rings. The molecule has 0 saturated heterocycles. The molecule has 0 spiro atoms. The molecule has 1 aliphatic rings. The molecule has 1 aliphatic heterocycles. The Labute approximate surface area is 135 Å². The topological polar surface area (TPSA) is 89.8 Å². The molecule has 0 aromatic heterocycles. The number of nitrogens with zero attached hydrogens (tertiary/aromatic N) is 2. The number of imide groups is 1. The molecule has 0 saturated carbocycles. The summed E-state index contributed by atoms with van der Waals surface area (Å²) < 4.78 is 5.29. The van der Waals surface area contributed by atoms with Crippen LogP contribution in [0, 0.1) is 10.1 Å². The van der Waals surface area contributed by atoms with Gasteiger partial charge in [0.2, 0.25) is 0 Å². The molecule has 3 rings (SSSR count). The summed E-state index contributed by atoms with van der Waals surface area (Å²) in [6.07, 6.45) is 0. The molecule has 8 heteroatoms. The zero-order valence-corrected chi connectivity index (χ0v) is 12.3. The standard InChI is InChI=1S/C15H9ClN2O5/c16-9-5-6-13(12(7-9)18(21)22)23-8-17-14(19)10-3-1-2-4-11(10)15(17)20/h1-7H,8H2. The predicted octanol–water partition coefficient (Wildman–Crippen LogP) is 2.88. The predicted molar refractivity (Wildman–Crippen MR) is 80.5 cm³/mol.